The van der Waals surface area contributed by atoms with E-state index in [1.165, 1.54) is 36.4 Å². The van der Waals surface area contributed by atoms with E-state index in [4.69, 9.17) is 23.4 Å². The molecule has 216 valence electrons. The molecule has 2 fully saturated rings. The van der Waals surface area contributed by atoms with Crippen LogP contribution in [0.25, 0.3) is 22.3 Å². The minimum atomic E-state index is -2.00. The number of aromatic hydroxyl groups is 2. The van der Waals surface area contributed by atoms with Gasteiger partial charge in [0.15, 0.2) is 11.7 Å². The lowest BCUT2D eigenvalue weighted by atomic mass is 9.98. The normalized spacial score (nSPS) is 32.4. The van der Waals surface area contributed by atoms with Crippen LogP contribution in [0.5, 0.6) is 17.2 Å². The van der Waals surface area contributed by atoms with Crippen molar-refractivity contribution in [2.24, 2.45) is 0 Å². The van der Waals surface area contributed by atoms with Crippen LogP contribution in [-0.2, 0) is 14.2 Å². The molecule has 2 aliphatic heterocycles. The van der Waals surface area contributed by atoms with Crippen molar-refractivity contribution in [3.05, 3.63) is 52.7 Å². The number of rotatable bonds is 7. The van der Waals surface area contributed by atoms with Gasteiger partial charge in [-0.15, -0.1) is 0 Å². The molecule has 2 aromatic carbocycles. The van der Waals surface area contributed by atoms with Crippen molar-refractivity contribution in [1.29, 1.82) is 0 Å². The van der Waals surface area contributed by atoms with Crippen LogP contribution in [0, 0.1) is 0 Å². The Morgan fingerprint density at radius 2 is 1.70 bits per heavy atom. The summed E-state index contributed by atoms with van der Waals surface area (Å²) in [6.45, 7) is -2.02. The average molecular weight is 564 g/mol. The maximum atomic E-state index is 12.7. The highest BCUT2D eigenvalue weighted by Gasteiger charge is 2.53. The van der Waals surface area contributed by atoms with Gasteiger partial charge in [0.2, 0.25) is 6.29 Å². The molecular formula is C26H28O14. The number of benzene rings is 2. The lowest BCUT2D eigenvalue weighted by molar-refractivity contribution is -0.313. The summed E-state index contributed by atoms with van der Waals surface area (Å²) in [7, 11) is 0. The molecule has 0 amide bonds. The predicted molar refractivity (Wildman–Crippen MR) is 132 cm³/mol. The molecule has 14 nitrogen and oxygen atoms in total. The van der Waals surface area contributed by atoms with Crippen molar-refractivity contribution in [3.63, 3.8) is 0 Å². The third kappa shape index (κ3) is 5.12. The van der Waals surface area contributed by atoms with Crippen LogP contribution in [0.3, 0.4) is 0 Å². The van der Waals surface area contributed by atoms with Crippen molar-refractivity contribution in [3.8, 4) is 28.6 Å². The van der Waals surface area contributed by atoms with E-state index in [1.54, 1.807) is 0 Å². The second-order valence-electron chi connectivity index (χ2n) is 9.65. The monoisotopic (exact) mass is 564 g/mol. The van der Waals surface area contributed by atoms with Crippen LogP contribution >= 0.6 is 0 Å². The molecule has 2 saturated heterocycles. The van der Waals surface area contributed by atoms with E-state index in [2.05, 4.69) is 0 Å². The summed E-state index contributed by atoms with van der Waals surface area (Å²) >= 11 is 0. The number of hydrogen-bond donors (Lipinski definition) is 8. The highest BCUT2D eigenvalue weighted by atomic mass is 16.7. The van der Waals surface area contributed by atoms with E-state index in [9.17, 15) is 45.6 Å². The number of ether oxygens (including phenoxy) is 4. The summed E-state index contributed by atoms with van der Waals surface area (Å²) < 4.78 is 27.7. The zero-order valence-corrected chi connectivity index (χ0v) is 20.7. The van der Waals surface area contributed by atoms with Crippen LogP contribution in [0.15, 0.2) is 51.7 Å². The van der Waals surface area contributed by atoms with Crippen LogP contribution in [0.2, 0.25) is 0 Å². The molecule has 0 bridgehead atoms. The summed E-state index contributed by atoms with van der Waals surface area (Å²) in [4.78, 5) is 12.7. The number of hydrogen-bond acceptors (Lipinski definition) is 14. The third-order valence-corrected chi connectivity index (χ3v) is 6.88. The smallest absolute Gasteiger partial charge is 0.229 e. The highest BCUT2D eigenvalue weighted by molar-refractivity contribution is 5.86. The van der Waals surface area contributed by atoms with Crippen LogP contribution in [-0.4, -0.2) is 109 Å². The summed E-state index contributed by atoms with van der Waals surface area (Å²) in [5.74, 6) is -0.456. The van der Waals surface area contributed by atoms with Crippen molar-refractivity contribution in [2.45, 2.75) is 48.7 Å². The standard InChI is InChI=1S/C26H28O14/c27-8-18-22(40-25-23(34)26(35,9-28)10-36-25)20(32)21(33)24(39-18)37-13-5-14(30)19-15(31)7-16(38-17(19)6-13)11-1-3-12(29)4-2-11/h1-7,18,20-25,27-30,32-35H,8-10H2/t18-,20-,21-,22-,23+,24-,25?,26-/m1/s1. The summed E-state index contributed by atoms with van der Waals surface area (Å²) in [5.41, 5.74) is -2.15. The number of aliphatic hydroxyl groups excluding tert-OH is 5. The van der Waals surface area contributed by atoms with Crippen LogP contribution in [0.1, 0.15) is 0 Å². The number of aliphatic hydroxyl groups is 6. The van der Waals surface area contributed by atoms with Crippen LogP contribution < -0.4 is 10.2 Å². The topological polar surface area (TPSA) is 229 Å². The Morgan fingerprint density at radius 3 is 2.35 bits per heavy atom. The Morgan fingerprint density at radius 1 is 0.975 bits per heavy atom. The first-order valence-electron chi connectivity index (χ1n) is 12.2. The van der Waals surface area contributed by atoms with E-state index in [-0.39, 0.29) is 28.2 Å². The lowest BCUT2D eigenvalue weighted by Crippen LogP contribution is -2.62. The fourth-order valence-corrected chi connectivity index (χ4v) is 4.60. The lowest BCUT2D eigenvalue weighted by Gasteiger charge is -2.42. The Balaban J connectivity index is 1.37. The Labute approximate surface area is 225 Å². The quantitative estimate of drug-likeness (QED) is 0.164. The maximum Gasteiger partial charge on any atom is 0.229 e. The molecule has 3 heterocycles. The molecular weight excluding hydrogens is 536 g/mol. The fourth-order valence-electron chi connectivity index (χ4n) is 4.60. The largest absolute Gasteiger partial charge is 0.508 e. The number of phenolic OH excluding ortho intramolecular Hbond substituents is 2. The van der Waals surface area contributed by atoms with Gasteiger partial charge < -0.3 is 64.2 Å². The van der Waals surface area contributed by atoms with E-state index in [0.717, 1.165) is 6.07 Å². The zero-order chi connectivity index (χ0) is 28.8. The van der Waals surface area contributed by atoms with Gasteiger partial charge >= 0.3 is 0 Å². The summed E-state index contributed by atoms with van der Waals surface area (Å²) in [6.07, 6.45) is -11.1. The molecule has 1 unspecified atom stereocenters. The fraction of sp³-hybridized carbons (Fsp3) is 0.423. The van der Waals surface area contributed by atoms with Gasteiger partial charge in [0.25, 0.3) is 0 Å². The molecule has 1 aromatic heterocycles. The van der Waals surface area contributed by atoms with Crippen molar-refractivity contribution in [2.75, 3.05) is 19.8 Å². The van der Waals surface area contributed by atoms with Gasteiger partial charge in [0.05, 0.1) is 19.8 Å². The van der Waals surface area contributed by atoms with Gasteiger partial charge in [-0.25, -0.2) is 0 Å². The number of fused-ring (bicyclic) bond motifs is 1. The molecule has 5 rings (SSSR count). The first kappa shape index (κ1) is 28.2. The molecule has 0 spiro atoms. The molecule has 2 aliphatic rings. The SMILES string of the molecule is O=c1cc(-c2ccc(O)cc2)oc2cc(O[C@@H]3O[C@H](CO)[C@@H](OC4OC[C@](O)(CO)[C@H]4O)[C@H](O)[C@H]3O)cc(O)c12. The second kappa shape index (κ2) is 10.9. The zero-order valence-electron chi connectivity index (χ0n) is 20.7. The van der Waals surface area contributed by atoms with Gasteiger partial charge in [0.1, 0.15) is 70.1 Å². The molecule has 8 atom stereocenters. The minimum Gasteiger partial charge on any atom is -0.508 e. The van der Waals surface area contributed by atoms with E-state index in [0.29, 0.717) is 5.56 Å². The van der Waals surface area contributed by atoms with Crippen LogP contribution in [0.4, 0.5) is 0 Å². The van der Waals surface area contributed by atoms with E-state index in [1.807, 2.05) is 0 Å². The predicted octanol–water partition coefficient (Wildman–Crippen LogP) is -1.49. The second-order valence-corrected chi connectivity index (χ2v) is 9.65. The molecule has 3 aromatic rings. The van der Waals surface area contributed by atoms with Gasteiger partial charge in [-0.3, -0.25) is 4.79 Å². The Hall–Kier alpha value is -3.31. The van der Waals surface area contributed by atoms with Gasteiger partial charge in [-0.1, -0.05) is 0 Å². The van der Waals surface area contributed by atoms with Gasteiger partial charge in [-0.2, -0.15) is 0 Å². The Kier molecular flexibility index (Phi) is 7.71. The molecule has 0 radical (unpaired) electrons. The van der Waals surface area contributed by atoms with Gasteiger partial charge in [-0.05, 0) is 24.3 Å². The van der Waals surface area contributed by atoms with Crippen molar-refractivity contribution in [1.82, 2.24) is 0 Å². The minimum absolute atomic E-state index is 0.0147. The molecule has 0 saturated carbocycles. The Bertz CT molecular complexity index is 1410. The van der Waals surface area contributed by atoms with Crippen molar-refractivity contribution < 1.29 is 64.2 Å². The molecule has 14 heteroatoms. The molecule has 0 aliphatic carbocycles. The summed E-state index contributed by atoms with van der Waals surface area (Å²) in [5, 5.41) is 80.9. The van der Waals surface area contributed by atoms with Gasteiger partial charge in [0, 0.05) is 23.8 Å². The number of phenols is 2. The highest BCUT2D eigenvalue weighted by Crippen LogP contribution is 2.35. The first-order chi connectivity index (χ1) is 19.0. The maximum absolute atomic E-state index is 12.7. The summed E-state index contributed by atoms with van der Waals surface area (Å²) in [6, 6.07) is 9.39. The van der Waals surface area contributed by atoms with Crippen molar-refractivity contribution >= 4 is 11.0 Å². The molecule has 8 N–H and O–H groups in total. The van der Waals surface area contributed by atoms with E-state index < -0.39 is 79.7 Å². The third-order valence-electron chi connectivity index (χ3n) is 6.88. The average Bonchev–Trinajstić information content (AvgIpc) is 3.21. The first-order valence-corrected chi connectivity index (χ1v) is 12.2. The van der Waals surface area contributed by atoms with E-state index >= 15 is 0 Å². The molecule has 40 heavy (non-hydrogen) atoms.